The lowest BCUT2D eigenvalue weighted by atomic mass is 10.3. The van der Waals surface area contributed by atoms with E-state index in [9.17, 15) is 4.79 Å². The number of benzene rings is 1. The van der Waals surface area contributed by atoms with E-state index in [-0.39, 0.29) is 6.42 Å². The number of aromatic nitrogens is 1. The van der Waals surface area contributed by atoms with Crippen LogP contribution in [0.1, 0.15) is 12.3 Å². The number of aliphatic carboxylic acids is 1. The summed E-state index contributed by atoms with van der Waals surface area (Å²) in [5, 5.41) is 8.50. The number of nitrogens with zero attached hydrogens (tertiary/aromatic N) is 1. The highest BCUT2D eigenvalue weighted by atomic mass is 16.4. The number of oxazole rings is 1. The molecular weight excluding hydrogens is 196 g/mol. The molecule has 0 spiro atoms. The maximum Gasteiger partial charge on any atom is 0.303 e. The van der Waals surface area contributed by atoms with Crippen LogP contribution in [0.25, 0.3) is 11.1 Å². The molecule has 78 valence electrons. The van der Waals surface area contributed by atoms with Crippen molar-refractivity contribution >= 4 is 22.8 Å². The number of hydrogen-bond acceptors (Lipinski definition) is 4. The van der Waals surface area contributed by atoms with Crippen LogP contribution >= 0.6 is 0 Å². The van der Waals surface area contributed by atoms with Crippen LogP contribution in [0.4, 0.5) is 5.69 Å². The second-order valence-corrected chi connectivity index (χ2v) is 3.23. The molecule has 1 aromatic carbocycles. The summed E-state index contributed by atoms with van der Waals surface area (Å²) in [7, 11) is 0. The number of carboxylic acids is 1. The highest BCUT2D eigenvalue weighted by Crippen LogP contribution is 2.18. The molecule has 0 saturated heterocycles. The number of hydrogen-bond donors (Lipinski definition) is 2. The summed E-state index contributed by atoms with van der Waals surface area (Å²) in [6.45, 7) is 0. The van der Waals surface area contributed by atoms with Crippen molar-refractivity contribution in [2.24, 2.45) is 0 Å². The Balaban J connectivity index is 2.27. The van der Waals surface area contributed by atoms with Crippen LogP contribution in [-0.2, 0) is 11.2 Å². The quantitative estimate of drug-likeness (QED) is 0.741. The van der Waals surface area contributed by atoms with Gasteiger partial charge in [0.1, 0.15) is 5.52 Å². The van der Waals surface area contributed by atoms with E-state index in [1.54, 1.807) is 18.2 Å². The van der Waals surface area contributed by atoms with E-state index in [4.69, 9.17) is 15.3 Å². The highest BCUT2D eigenvalue weighted by Gasteiger charge is 2.07. The Bertz CT molecular complexity index is 504. The van der Waals surface area contributed by atoms with Crippen LogP contribution in [0.15, 0.2) is 22.6 Å². The van der Waals surface area contributed by atoms with Crippen molar-refractivity contribution in [2.45, 2.75) is 12.8 Å². The van der Waals surface area contributed by atoms with Crippen molar-refractivity contribution < 1.29 is 14.3 Å². The van der Waals surface area contributed by atoms with E-state index in [1.165, 1.54) is 0 Å². The van der Waals surface area contributed by atoms with Gasteiger partial charge in [-0.3, -0.25) is 4.79 Å². The lowest BCUT2D eigenvalue weighted by molar-refractivity contribution is -0.137. The van der Waals surface area contributed by atoms with Gasteiger partial charge in [0.05, 0.1) is 6.42 Å². The number of anilines is 1. The van der Waals surface area contributed by atoms with Gasteiger partial charge in [0.2, 0.25) is 0 Å². The van der Waals surface area contributed by atoms with E-state index in [0.717, 1.165) is 0 Å². The second-order valence-electron chi connectivity index (χ2n) is 3.23. The molecule has 5 nitrogen and oxygen atoms in total. The normalized spacial score (nSPS) is 10.7. The van der Waals surface area contributed by atoms with Gasteiger partial charge in [-0.15, -0.1) is 0 Å². The third-order valence-corrected chi connectivity index (χ3v) is 2.01. The first-order chi connectivity index (χ1) is 7.15. The number of nitrogens with two attached hydrogens (primary N) is 1. The fourth-order valence-corrected chi connectivity index (χ4v) is 1.31. The highest BCUT2D eigenvalue weighted by molar-refractivity contribution is 5.76. The van der Waals surface area contributed by atoms with E-state index >= 15 is 0 Å². The first-order valence-corrected chi connectivity index (χ1v) is 4.52. The van der Waals surface area contributed by atoms with Gasteiger partial charge >= 0.3 is 5.97 Å². The zero-order valence-corrected chi connectivity index (χ0v) is 7.93. The minimum Gasteiger partial charge on any atom is -0.481 e. The van der Waals surface area contributed by atoms with Crippen molar-refractivity contribution in [3.8, 4) is 0 Å². The van der Waals surface area contributed by atoms with E-state index < -0.39 is 5.97 Å². The van der Waals surface area contributed by atoms with Crippen LogP contribution in [0.2, 0.25) is 0 Å². The minimum absolute atomic E-state index is 0.0162. The Morgan fingerprint density at radius 2 is 2.33 bits per heavy atom. The molecule has 0 aliphatic rings. The Hall–Kier alpha value is -2.04. The fourth-order valence-electron chi connectivity index (χ4n) is 1.31. The zero-order valence-electron chi connectivity index (χ0n) is 7.93. The topological polar surface area (TPSA) is 89.3 Å². The minimum atomic E-state index is -0.864. The van der Waals surface area contributed by atoms with Crippen LogP contribution in [0, 0.1) is 0 Å². The third-order valence-electron chi connectivity index (χ3n) is 2.01. The summed E-state index contributed by atoms with van der Waals surface area (Å²) in [6, 6.07) is 5.14. The third kappa shape index (κ3) is 2.07. The molecule has 0 fully saturated rings. The second kappa shape index (κ2) is 3.61. The molecular formula is C10H10N2O3. The first kappa shape index (κ1) is 9.51. The Morgan fingerprint density at radius 1 is 1.53 bits per heavy atom. The van der Waals surface area contributed by atoms with Crippen molar-refractivity contribution in [3.05, 3.63) is 24.1 Å². The molecule has 2 aromatic rings. The molecule has 0 atom stereocenters. The summed E-state index contributed by atoms with van der Waals surface area (Å²) >= 11 is 0. The SMILES string of the molecule is Nc1ccc2oc(CCC(=O)O)nc2c1. The maximum absolute atomic E-state index is 10.4. The van der Waals surface area contributed by atoms with Gasteiger partial charge in [0.25, 0.3) is 0 Å². The Kier molecular flexibility index (Phi) is 2.29. The number of aryl methyl sites for hydroxylation is 1. The number of carboxylic acid groups (broad SMARTS) is 1. The molecule has 1 heterocycles. The number of nitrogen functional groups attached to an aromatic ring is 1. The molecule has 5 heteroatoms. The summed E-state index contributed by atoms with van der Waals surface area (Å²) in [5.41, 5.74) is 7.48. The summed E-state index contributed by atoms with van der Waals surface area (Å²) < 4.78 is 5.34. The average molecular weight is 206 g/mol. The van der Waals surface area contributed by atoms with Crippen molar-refractivity contribution in [1.29, 1.82) is 0 Å². The molecule has 0 unspecified atom stereocenters. The molecule has 0 saturated carbocycles. The van der Waals surface area contributed by atoms with Gasteiger partial charge in [0.15, 0.2) is 11.5 Å². The van der Waals surface area contributed by atoms with Gasteiger partial charge in [-0.2, -0.15) is 0 Å². The van der Waals surface area contributed by atoms with Crippen molar-refractivity contribution in [2.75, 3.05) is 5.73 Å². The molecule has 0 aliphatic carbocycles. The van der Waals surface area contributed by atoms with Crippen LogP contribution in [0.3, 0.4) is 0 Å². The summed E-state index contributed by atoms with van der Waals surface area (Å²) in [4.78, 5) is 14.5. The molecule has 0 bridgehead atoms. The van der Waals surface area contributed by atoms with Gasteiger partial charge in [-0.05, 0) is 18.2 Å². The fraction of sp³-hybridized carbons (Fsp3) is 0.200. The van der Waals surface area contributed by atoms with Crippen molar-refractivity contribution in [1.82, 2.24) is 4.98 Å². The number of rotatable bonds is 3. The lowest BCUT2D eigenvalue weighted by Gasteiger charge is -1.88. The smallest absolute Gasteiger partial charge is 0.303 e. The number of carbonyl (C=O) groups is 1. The standard InChI is InChI=1S/C10H10N2O3/c11-6-1-2-8-7(5-6)12-9(15-8)3-4-10(13)14/h1-2,5H,3-4,11H2,(H,13,14). The average Bonchev–Trinajstić information content (AvgIpc) is 2.56. The molecule has 1 aromatic heterocycles. The van der Waals surface area contributed by atoms with Gasteiger partial charge in [-0.1, -0.05) is 0 Å². The predicted octanol–water partition coefficient (Wildman–Crippen LogP) is 1.43. The Morgan fingerprint density at radius 3 is 3.07 bits per heavy atom. The molecule has 2 rings (SSSR count). The predicted molar refractivity (Wildman–Crippen MR) is 54.4 cm³/mol. The summed E-state index contributed by atoms with van der Waals surface area (Å²) in [5.74, 6) is -0.435. The van der Waals surface area contributed by atoms with Crippen LogP contribution < -0.4 is 5.73 Å². The largest absolute Gasteiger partial charge is 0.481 e. The van der Waals surface area contributed by atoms with E-state index in [0.29, 0.717) is 29.1 Å². The molecule has 15 heavy (non-hydrogen) atoms. The Labute approximate surface area is 85.5 Å². The van der Waals surface area contributed by atoms with Crippen molar-refractivity contribution in [3.63, 3.8) is 0 Å². The van der Waals surface area contributed by atoms with E-state index in [1.807, 2.05) is 0 Å². The van der Waals surface area contributed by atoms with Gasteiger partial charge in [0, 0.05) is 12.1 Å². The van der Waals surface area contributed by atoms with Crippen LogP contribution in [-0.4, -0.2) is 16.1 Å². The van der Waals surface area contributed by atoms with Gasteiger partial charge in [-0.25, -0.2) is 4.98 Å². The molecule has 0 radical (unpaired) electrons. The van der Waals surface area contributed by atoms with Gasteiger partial charge < -0.3 is 15.3 Å². The molecule has 0 amide bonds. The number of fused-ring (bicyclic) bond motifs is 1. The first-order valence-electron chi connectivity index (χ1n) is 4.52. The maximum atomic E-state index is 10.4. The monoisotopic (exact) mass is 206 g/mol. The molecule has 3 N–H and O–H groups in total. The summed E-state index contributed by atoms with van der Waals surface area (Å²) in [6.07, 6.45) is 0.312. The molecule has 0 aliphatic heterocycles. The zero-order chi connectivity index (χ0) is 10.8. The van der Waals surface area contributed by atoms with E-state index in [2.05, 4.69) is 4.98 Å². The van der Waals surface area contributed by atoms with Crippen LogP contribution in [0.5, 0.6) is 0 Å². The lowest BCUT2D eigenvalue weighted by Crippen LogP contribution is -1.97.